The number of aliphatic hydroxyl groups excluding tert-OH is 6. The second kappa shape index (κ2) is 48.0. The van der Waals surface area contributed by atoms with Gasteiger partial charge in [-0.1, -0.05) is 68.6 Å². The fourth-order valence-corrected chi connectivity index (χ4v) is 25.1. The number of carboxylic acid groups (broad SMARTS) is 1. The van der Waals surface area contributed by atoms with Crippen molar-refractivity contribution in [1.29, 1.82) is 0 Å². The molecule has 0 bridgehead atoms. The number of aliphatic carboxylic acids is 1. The molecule has 149 heavy (non-hydrogen) atoms. The van der Waals surface area contributed by atoms with Gasteiger partial charge in [0.05, 0.1) is 76.3 Å². The molecular weight excluding hydrogens is 2000 g/mol. The van der Waals surface area contributed by atoms with Gasteiger partial charge in [0.15, 0.2) is 83.1 Å². The van der Waals surface area contributed by atoms with E-state index < -0.39 is 301 Å². The number of carbonyl (C=O) groups is 14. The van der Waals surface area contributed by atoms with E-state index in [4.69, 9.17) is 43.6 Å². The van der Waals surface area contributed by atoms with Crippen LogP contribution >= 0.6 is 0 Å². The smallest absolute Gasteiger partial charge is 0.480 e. The van der Waals surface area contributed by atoms with Gasteiger partial charge >= 0.3 is 36.4 Å². The highest BCUT2D eigenvalue weighted by Crippen LogP contribution is 2.74. The first-order valence-corrected chi connectivity index (χ1v) is 48.9. The molecule has 14 N–H and O–H groups in total. The number of amides is 2. The largest absolute Gasteiger partial charge is 0.508 e. The molecule has 12 aliphatic rings. The number of nitrogens with two attached hydrogens (primary N) is 1. The Morgan fingerprint density at radius 2 is 0.664 bits per heavy atom. The molecule has 0 saturated heterocycles. The van der Waals surface area contributed by atoms with Gasteiger partial charge in [-0.25, -0.2) is 37.1 Å². The maximum absolute atomic E-state index is 17.4. The predicted molar refractivity (Wildman–Crippen MR) is 490 cm³/mol. The van der Waals surface area contributed by atoms with Crippen molar-refractivity contribution in [2.75, 3.05) is 79.3 Å². The number of allylic oxidation sites excluding steroid dienone is 12. The van der Waals surface area contributed by atoms with Crippen molar-refractivity contribution in [3.63, 3.8) is 0 Å². The first-order chi connectivity index (χ1) is 69.7. The third-order valence-corrected chi connectivity index (χ3v) is 32.9. The minimum absolute atomic E-state index is 0.111. The summed E-state index contributed by atoms with van der Waals surface area (Å²) in [6.45, 7) is 2.50. The summed E-state index contributed by atoms with van der Waals surface area (Å²) in [4.78, 5) is 232. The molecule has 54 heteroatoms. The normalized spacial score (nSPS) is 34.8. The summed E-state index contributed by atoms with van der Waals surface area (Å²) in [6.07, 6.45) is -0.144. The molecule has 3 unspecified atom stereocenters. The first-order valence-electron chi connectivity index (χ1n) is 48.9. The Hall–Kier alpha value is -12.2. The molecule has 0 aromatic rings. The van der Waals surface area contributed by atoms with Gasteiger partial charge in [0.25, 0.3) is 20.3 Å². The standard InChI is InChI=1S/C35H48FN3O17.C31H41FN2O14.C29H39FN2O13/c1-32-12-11-22(40)16-21(32)9-10-23-24-17-26(41)35(47,33(24,2)18-27(42)34(23,32)36)28(43)20-54-31(46)53-19-25(30(45)52-13-6-7-15-56-39(50)51)37-29(44)8-4-3-5-14-55-38(48)49;1-28-10-9-18(35)12-17(28)7-8-19-20-13-22(36)31(43,29(20,2)14-23(37)30(19,28)32)24(38)16-47-27(42)46-15-21(26(40)41)33-25(39)6-4-3-5-11-48-34(44)45;1-26-8-7-17(33)11-16(26)5-6-18-19-12-21(34)29(39,27(19,2)13-22(35)28(18,26)30)23(36)15-44-25(38)43-14-20(31)24(37)42-9-3-4-10-45-32(40)41/h11-12,16,23-27,41-42,47H,3-10,13-15,17-20H2,1-2H3,(H,37,44);9-10,12,19-23,36-37,43H,3-8,11,13-16H2,1-2H3,(H,33,39)(H,40,41);7-8,11,18-22,34-35,39H,3-6,9-10,12-15,31H2,1-2H3/t23-,24-,25?,26+,27-,32-,33-,34-,35-;19-,20-,21?,22+,23-,28-,29-,30-,31-;18-,19-,20?,21+,22-,26-,27-,28-,29-/m000/s1. The number of carboxylic acids is 1. The molecule has 9 fully saturated rings. The van der Waals surface area contributed by atoms with Crippen molar-refractivity contribution >= 4 is 82.9 Å². The molecule has 12 rings (SSSR count). The van der Waals surface area contributed by atoms with Crippen LogP contribution < -0.4 is 16.4 Å². The number of nitrogens with zero attached hydrogens (tertiary/aromatic N) is 4. The van der Waals surface area contributed by atoms with E-state index >= 15 is 13.2 Å². The predicted octanol–water partition coefficient (Wildman–Crippen LogP) is 3.33. The number of ketones is 6. The lowest BCUT2D eigenvalue weighted by molar-refractivity contribution is -0.757. The fourth-order valence-electron chi connectivity index (χ4n) is 25.1. The van der Waals surface area contributed by atoms with Crippen LogP contribution in [0, 0.1) is 108 Å². The summed E-state index contributed by atoms with van der Waals surface area (Å²) in [5.74, 6) is -14.1. The minimum atomic E-state index is -2.59. The van der Waals surface area contributed by atoms with Crippen molar-refractivity contribution < 1.29 is 209 Å². The van der Waals surface area contributed by atoms with Crippen molar-refractivity contribution in [2.24, 2.45) is 73.7 Å². The second-order valence-corrected chi connectivity index (χ2v) is 40.9. The molecular formula is C95H128F3N7O44. The molecule has 27 atom stereocenters. The average molecular weight is 2130 g/mol. The molecule has 0 aliphatic heterocycles. The molecule has 0 aromatic carbocycles. The third kappa shape index (κ3) is 23.8. The quantitative estimate of drug-likeness (QED) is 0.0137. The lowest BCUT2D eigenvalue weighted by atomic mass is 9.44. The number of Topliss-reactive ketones (excluding diaryl/α,β-unsaturated/α-hetero) is 3. The number of carbonyl (C=O) groups excluding carboxylic acids is 13. The Morgan fingerprint density at radius 1 is 0.389 bits per heavy atom. The Balaban J connectivity index is 0.000000230. The highest BCUT2D eigenvalue weighted by atomic mass is 19.2. The number of aliphatic hydroxyl groups is 9. The van der Waals surface area contributed by atoms with Gasteiger partial charge < -0.3 is 125 Å². The fraction of sp³-hybridized carbons (Fsp3) is 0.726. The van der Waals surface area contributed by atoms with Crippen molar-refractivity contribution in [2.45, 2.75) is 284 Å². The molecule has 9 saturated carbocycles. The van der Waals surface area contributed by atoms with Crippen LogP contribution in [-0.2, 0) is 110 Å². The van der Waals surface area contributed by atoms with E-state index in [0.29, 0.717) is 55.2 Å². The van der Waals surface area contributed by atoms with Crippen LogP contribution in [0.2, 0.25) is 0 Å². The van der Waals surface area contributed by atoms with Gasteiger partial charge in [0.2, 0.25) is 29.2 Å². The van der Waals surface area contributed by atoms with Crippen LogP contribution in [0.25, 0.3) is 0 Å². The molecule has 2 amide bonds. The van der Waals surface area contributed by atoms with Crippen molar-refractivity contribution in [3.8, 4) is 0 Å². The molecule has 0 heterocycles. The lowest BCUT2D eigenvalue weighted by Gasteiger charge is -2.62. The highest BCUT2D eigenvalue weighted by molar-refractivity contribution is 6.03. The van der Waals surface area contributed by atoms with E-state index in [1.807, 2.05) is 0 Å². The van der Waals surface area contributed by atoms with Gasteiger partial charge in [-0.3, -0.25) is 43.2 Å². The summed E-state index contributed by atoms with van der Waals surface area (Å²) in [6, 6.07) is -4.65. The number of ether oxygens (including phenoxy) is 8. The SMILES string of the molecule is C[C@]12C=CC(=O)C=C1CC[C@H]1[C@@H]3C[C@@H](O)[C@](O)(C(=O)COC(=O)OCC(N)C(=O)OCCCCO[N+](=O)[O-])[C@@]3(C)C[C@H](O)[C@@]12F.C[C@]12C=CC(=O)C=C1CC[C@H]1[C@@H]3C[C@@H](O)[C@](O)(C(=O)COC(=O)OCC(NC(=O)CCCCCO[N+](=O)[O-])C(=O)O)[C@@]3(C)C[C@H](O)[C@@]12F.C[C@]12C=CC(=O)C=C1CC[C@H]1[C@@H]3C[C@@H](O)[C@](O)(C(=O)COC(=O)OCC(NC(=O)CCCCCO[N+](=O)[O-])C(=O)OCCCCO[N+](=O)[O-])[C@@]3(C)C[C@H](O)[C@@]12F. The number of halogens is 3. The van der Waals surface area contributed by atoms with Crippen LogP contribution in [0.15, 0.2) is 71.4 Å². The molecule has 0 aromatic heterocycles. The number of esters is 2. The number of unbranched alkanes of at least 4 members (excludes halogenated alkanes) is 6. The maximum Gasteiger partial charge on any atom is 0.508 e. The molecule has 0 spiro atoms. The van der Waals surface area contributed by atoms with Crippen molar-refractivity contribution in [1.82, 2.24) is 10.6 Å². The number of hydrogen-bond acceptors (Lipinski definition) is 44. The van der Waals surface area contributed by atoms with E-state index in [9.17, 15) is 159 Å². The Labute approximate surface area is 848 Å². The van der Waals surface area contributed by atoms with Crippen LogP contribution in [0.5, 0.6) is 0 Å². The number of fused-ring (bicyclic) bond motifs is 15. The monoisotopic (exact) mass is 2130 g/mol. The second-order valence-electron chi connectivity index (χ2n) is 40.9. The number of hydrogen-bond donors (Lipinski definition) is 13. The van der Waals surface area contributed by atoms with Crippen LogP contribution in [0.4, 0.5) is 27.6 Å². The van der Waals surface area contributed by atoms with Crippen LogP contribution in [0.1, 0.15) is 196 Å². The Morgan fingerprint density at radius 3 is 0.966 bits per heavy atom. The molecule has 828 valence electrons. The van der Waals surface area contributed by atoms with E-state index in [0.717, 1.165) is 0 Å². The van der Waals surface area contributed by atoms with E-state index in [2.05, 4.69) is 30.0 Å². The van der Waals surface area contributed by atoms with E-state index in [1.165, 1.54) is 75.5 Å². The highest BCUT2D eigenvalue weighted by Gasteiger charge is 2.80. The van der Waals surface area contributed by atoms with Crippen molar-refractivity contribution in [3.05, 3.63) is 112 Å². The van der Waals surface area contributed by atoms with Gasteiger partial charge in [-0.15, -0.1) is 40.5 Å². The first kappa shape index (κ1) is 119. The van der Waals surface area contributed by atoms with E-state index in [-0.39, 0.29) is 153 Å². The lowest BCUT2D eigenvalue weighted by Crippen LogP contribution is -2.69. The average Bonchev–Trinajstić information content (AvgIpc) is 1.61. The van der Waals surface area contributed by atoms with Gasteiger partial charge in [0.1, 0.15) is 25.9 Å². The molecule has 0 radical (unpaired) electrons. The number of nitrogens with one attached hydrogen (secondary N) is 2. The maximum atomic E-state index is 17.4. The van der Waals surface area contributed by atoms with Crippen LogP contribution in [0.3, 0.4) is 0 Å². The Bertz CT molecular complexity index is 5290. The number of rotatable bonds is 46. The van der Waals surface area contributed by atoms with E-state index in [1.54, 1.807) is 20.8 Å². The Kier molecular flexibility index (Phi) is 38.2. The third-order valence-electron chi connectivity index (χ3n) is 32.9. The summed E-state index contributed by atoms with van der Waals surface area (Å²) >= 11 is 0. The summed E-state index contributed by atoms with van der Waals surface area (Å²) in [5.41, 5.74) is -15.8. The van der Waals surface area contributed by atoms with Gasteiger partial charge in [-0.05, 0) is 203 Å². The topological polar surface area (TPSA) is 775 Å². The van der Waals surface area contributed by atoms with Crippen LogP contribution in [-0.4, -0.2) is 322 Å². The zero-order chi connectivity index (χ0) is 111. The summed E-state index contributed by atoms with van der Waals surface area (Å²) in [7, 11) is 0. The summed E-state index contributed by atoms with van der Waals surface area (Å²) in [5, 5.41) is 154. The van der Waals surface area contributed by atoms with Gasteiger partial charge in [0, 0.05) is 63.1 Å². The zero-order valence-corrected chi connectivity index (χ0v) is 82.7. The minimum Gasteiger partial charge on any atom is -0.480 e. The molecule has 51 nitrogen and oxygen atoms in total. The number of alkyl halides is 3. The molecule has 12 aliphatic carbocycles. The zero-order valence-electron chi connectivity index (χ0n) is 82.7. The van der Waals surface area contributed by atoms with Gasteiger partial charge in [-0.2, -0.15) is 0 Å². The summed E-state index contributed by atoms with van der Waals surface area (Å²) < 4.78 is 90.9.